The number of phenols is 2. The van der Waals surface area contributed by atoms with Crippen LogP contribution in [0.3, 0.4) is 0 Å². The number of phenolic OH excluding ortho intramolecular Hbond substituents is 2. The van der Waals surface area contributed by atoms with Crippen LogP contribution in [-0.2, 0) is 9.59 Å². The van der Waals surface area contributed by atoms with Crippen LogP contribution < -0.4 is 5.73 Å². The van der Waals surface area contributed by atoms with Crippen LogP contribution >= 0.6 is 11.8 Å². The molecule has 4 N–H and O–H groups in total. The minimum absolute atomic E-state index is 0.00852. The van der Waals surface area contributed by atoms with Crippen LogP contribution in [0.1, 0.15) is 31.2 Å². The second-order valence-electron chi connectivity index (χ2n) is 6.91. The van der Waals surface area contributed by atoms with Gasteiger partial charge < -0.3 is 20.8 Å². The molecule has 1 aliphatic heterocycles. The van der Waals surface area contributed by atoms with Gasteiger partial charge in [-0.2, -0.15) is 0 Å². The van der Waals surface area contributed by atoms with Crippen molar-refractivity contribution < 1.29 is 29.5 Å². The zero-order chi connectivity index (χ0) is 23.1. The van der Waals surface area contributed by atoms with Gasteiger partial charge in [0.15, 0.2) is 5.75 Å². The van der Waals surface area contributed by atoms with E-state index in [4.69, 9.17) is 5.73 Å². The molecule has 31 heavy (non-hydrogen) atoms. The van der Waals surface area contributed by atoms with Crippen LogP contribution in [0, 0.1) is 10.1 Å². The lowest BCUT2D eigenvalue weighted by molar-refractivity contribution is -0.386. The SMILES string of the molecule is CN(CCCCN1C(=O)S/C(=C\c2cc(O)c(O)c([N+](=O)[O-])c2)C1=O)C(=O)CCCN. The van der Waals surface area contributed by atoms with Crippen LogP contribution in [0.5, 0.6) is 11.5 Å². The smallest absolute Gasteiger partial charge is 0.315 e. The van der Waals surface area contributed by atoms with Crippen LogP contribution in [0.15, 0.2) is 17.0 Å². The standard InChI is InChI=1S/C19H24N4O7S/c1-21(16(25)5-4-6-20)7-2-3-8-22-18(27)15(31-19(22)28)11-12-9-13(23(29)30)17(26)14(24)10-12/h9-11,24,26H,2-8,20H2,1H3/b15-11-. The number of hydrogen-bond donors (Lipinski definition) is 3. The molecule has 1 heterocycles. The van der Waals surface area contributed by atoms with Crippen LogP contribution in [0.25, 0.3) is 6.08 Å². The van der Waals surface area contributed by atoms with E-state index in [1.54, 1.807) is 11.9 Å². The number of carbonyl (C=O) groups is 3. The maximum Gasteiger partial charge on any atom is 0.315 e. The largest absolute Gasteiger partial charge is 0.504 e. The molecular weight excluding hydrogens is 428 g/mol. The fourth-order valence-corrected chi connectivity index (χ4v) is 3.74. The van der Waals surface area contributed by atoms with Crippen molar-refractivity contribution in [2.75, 3.05) is 26.7 Å². The molecule has 1 aliphatic rings. The summed E-state index contributed by atoms with van der Waals surface area (Å²) in [5.41, 5.74) is 4.78. The predicted molar refractivity (Wildman–Crippen MR) is 114 cm³/mol. The number of nitrogens with zero attached hydrogens (tertiary/aromatic N) is 3. The molecule has 0 bridgehead atoms. The summed E-state index contributed by atoms with van der Waals surface area (Å²) in [5, 5.41) is 29.7. The second-order valence-corrected chi connectivity index (χ2v) is 7.91. The molecule has 1 aromatic carbocycles. The number of aromatic hydroxyl groups is 2. The first-order chi connectivity index (χ1) is 14.6. The first-order valence-corrected chi connectivity index (χ1v) is 10.4. The maximum absolute atomic E-state index is 12.5. The van der Waals surface area contributed by atoms with Gasteiger partial charge in [-0.15, -0.1) is 0 Å². The minimum Gasteiger partial charge on any atom is -0.504 e. The Hall–Kier alpha value is -3.12. The molecule has 3 amide bonds. The molecule has 1 fully saturated rings. The summed E-state index contributed by atoms with van der Waals surface area (Å²) in [4.78, 5) is 49.4. The number of unbranched alkanes of at least 4 members (excludes halogenated alkanes) is 1. The van der Waals surface area contributed by atoms with Gasteiger partial charge in [0.25, 0.3) is 11.1 Å². The lowest BCUT2D eigenvalue weighted by atomic mass is 10.1. The van der Waals surface area contributed by atoms with Gasteiger partial charge in [-0.3, -0.25) is 29.4 Å². The molecule has 2 rings (SSSR count). The fraction of sp³-hybridized carbons (Fsp3) is 0.421. The number of hydrogen-bond acceptors (Lipinski definition) is 9. The van der Waals surface area contributed by atoms with Crippen LogP contribution in [-0.4, -0.2) is 68.7 Å². The highest BCUT2D eigenvalue weighted by Crippen LogP contribution is 2.38. The molecule has 1 aromatic rings. The number of nitro benzene ring substituents is 1. The van der Waals surface area contributed by atoms with Gasteiger partial charge in [-0.05, 0) is 55.3 Å². The van der Waals surface area contributed by atoms with Crippen molar-refractivity contribution in [1.29, 1.82) is 0 Å². The number of nitrogens with two attached hydrogens (primary N) is 1. The second kappa shape index (κ2) is 10.8. The highest BCUT2D eigenvalue weighted by Gasteiger charge is 2.34. The third kappa shape index (κ3) is 6.18. The Morgan fingerprint density at radius 1 is 1.29 bits per heavy atom. The third-order valence-corrected chi connectivity index (χ3v) is 5.51. The van der Waals surface area contributed by atoms with Crippen molar-refractivity contribution >= 4 is 40.6 Å². The first-order valence-electron chi connectivity index (χ1n) is 9.55. The minimum atomic E-state index is -0.873. The van der Waals surface area contributed by atoms with E-state index >= 15 is 0 Å². The Morgan fingerprint density at radius 2 is 2.00 bits per heavy atom. The molecule has 0 saturated carbocycles. The lowest BCUT2D eigenvalue weighted by Gasteiger charge is -2.18. The van der Waals surface area contributed by atoms with Gasteiger partial charge in [-0.25, -0.2) is 0 Å². The Kier molecular flexibility index (Phi) is 8.39. The molecule has 0 unspecified atom stereocenters. The number of imide groups is 1. The number of rotatable bonds is 10. The van der Waals surface area contributed by atoms with Gasteiger partial charge in [0.1, 0.15) is 0 Å². The summed E-state index contributed by atoms with van der Waals surface area (Å²) in [6.45, 7) is 1.11. The van der Waals surface area contributed by atoms with Crippen molar-refractivity contribution in [3.8, 4) is 11.5 Å². The highest BCUT2D eigenvalue weighted by atomic mass is 32.2. The molecule has 0 atom stereocenters. The summed E-state index contributed by atoms with van der Waals surface area (Å²) in [5.74, 6) is -2.13. The number of benzene rings is 1. The van der Waals surface area contributed by atoms with Crippen molar-refractivity contribution in [2.45, 2.75) is 25.7 Å². The Bertz CT molecular complexity index is 919. The molecule has 168 valence electrons. The van der Waals surface area contributed by atoms with E-state index in [2.05, 4.69) is 0 Å². The topological polar surface area (TPSA) is 167 Å². The van der Waals surface area contributed by atoms with E-state index in [-0.39, 0.29) is 22.9 Å². The van der Waals surface area contributed by atoms with E-state index in [0.717, 1.165) is 17.0 Å². The summed E-state index contributed by atoms with van der Waals surface area (Å²) in [6, 6.07) is 2.06. The van der Waals surface area contributed by atoms with Crippen molar-refractivity contribution in [1.82, 2.24) is 9.80 Å². The van der Waals surface area contributed by atoms with Gasteiger partial charge in [0, 0.05) is 32.6 Å². The highest BCUT2D eigenvalue weighted by molar-refractivity contribution is 8.18. The molecule has 12 heteroatoms. The molecule has 0 radical (unpaired) electrons. The average Bonchev–Trinajstić information content (AvgIpc) is 2.98. The summed E-state index contributed by atoms with van der Waals surface area (Å²) in [7, 11) is 1.69. The molecule has 11 nitrogen and oxygen atoms in total. The van der Waals surface area contributed by atoms with E-state index in [9.17, 15) is 34.7 Å². The predicted octanol–water partition coefficient (Wildman–Crippen LogP) is 2.02. The monoisotopic (exact) mass is 452 g/mol. The summed E-state index contributed by atoms with van der Waals surface area (Å²) >= 11 is 0.687. The van der Waals surface area contributed by atoms with E-state index in [1.807, 2.05) is 0 Å². The fourth-order valence-electron chi connectivity index (χ4n) is 2.88. The number of nitro groups is 1. The van der Waals surface area contributed by atoms with Gasteiger partial charge in [-0.1, -0.05) is 0 Å². The van der Waals surface area contributed by atoms with E-state index in [1.165, 1.54) is 6.08 Å². The first kappa shape index (κ1) is 24.2. The molecular formula is C19H24N4O7S. The van der Waals surface area contributed by atoms with Gasteiger partial charge in [0.2, 0.25) is 11.7 Å². The van der Waals surface area contributed by atoms with Crippen molar-refractivity contribution in [2.24, 2.45) is 5.73 Å². The van der Waals surface area contributed by atoms with Crippen LogP contribution in [0.4, 0.5) is 10.5 Å². The number of thioether (sulfide) groups is 1. The molecule has 1 saturated heterocycles. The van der Waals surface area contributed by atoms with Gasteiger partial charge >= 0.3 is 5.69 Å². The van der Waals surface area contributed by atoms with E-state index < -0.39 is 33.3 Å². The summed E-state index contributed by atoms with van der Waals surface area (Å²) < 4.78 is 0. The van der Waals surface area contributed by atoms with Gasteiger partial charge in [0.05, 0.1) is 9.83 Å². The summed E-state index contributed by atoms with van der Waals surface area (Å²) in [6.07, 6.45) is 3.36. The maximum atomic E-state index is 12.5. The van der Waals surface area contributed by atoms with E-state index in [0.29, 0.717) is 50.5 Å². The quantitative estimate of drug-likeness (QED) is 0.158. The zero-order valence-electron chi connectivity index (χ0n) is 16.9. The normalized spacial score (nSPS) is 15.0. The average molecular weight is 452 g/mol. The van der Waals surface area contributed by atoms with Crippen LogP contribution in [0.2, 0.25) is 0 Å². The van der Waals surface area contributed by atoms with Crippen molar-refractivity contribution in [3.63, 3.8) is 0 Å². The molecule has 0 aromatic heterocycles. The van der Waals surface area contributed by atoms with Crippen molar-refractivity contribution in [3.05, 3.63) is 32.7 Å². The Balaban J connectivity index is 1.97. The lowest BCUT2D eigenvalue weighted by Crippen LogP contribution is -2.31. The third-order valence-electron chi connectivity index (χ3n) is 4.61. The molecule has 0 spiro atoms. The number of carbonyl (C=O) groups excluding carboxylic acids is 3. The Morgan fingerprint density at radius 3 is 2.65 bits per heavy atom. The molecule has 0 aliphatic carbocycles. The number of amides is 3. The zero-order valence-corrected chi connectivity index (χ0v) is 17.8. The Labute approximate surface area is 182 Å².